The summed E-state index contributed by atoms with van der Waals surface area (Å²) < 4.78 is 1.81. The van der Waals surface area contributed by atoms with Gasteiger partial charge in [0.2, 0.25) is 5.91 Å². The van der Waals surface area contributed by atoms with Crippen LogP contribution in [0.2, 0.25) is 0 Å². The maximum Gasteiger partial charge on any atom is 0.243 e. The molecule has 3 aromatic carbocycles. The summed E-state index contributed by atoms with van der Waals surface area (Å²) in [5, 5.41) is 7.08. The lowest BCUT2D eigenvalue weighted by atomic mass is 10.1. The molecule has 1 atom stereocenters. The molecule has 0 aliphatic heterocycles. The Labute approximate surface area is 174 Å². The molecule has 1 amide bonds. The Morgan fingerprint density at radius 1 is 0.862 bits per heavy atom. The first kappa shape index (κ1) is 19.0. The van der Waals surface area contributed by atoms with E-state index >= 15 is 0 Å². The van der Waals surface area contributed by atoms with Crippen molar-refractivity contribution in [3.05, 3.63) is 114 Å². The van der Waals surface area contributed by atoms with Gasteiger partial charge in [-0.2, -0.15) is 5.10 Å². The number of amides is 1. The minimum Gasteiger partial charge on any atom is -0.310 e. The number of aromatic nitrogens is 2. The summed E-state index contributed by atoms with van der Waals surface area (Å²) in [6.07, 6.45) is 1.71. The van der Waals surface area contributed by atoms with E-state index in [1.807, 2.05) is 102 Å². The number of nitrogens with one attached hydrogen (secondary N) is 1. The number of thioether (sulfide) groups is 1. The highest BCUT2D eigenvalue weighted by atomic mass is 32.2. The summed E-state index contributed by atoms with van der Waals surface area (Å²) in [7, 11) is 0. The summed E-state index contributed by atoms with van der Waals surface area (Å²) in [4.78, 5) is 14.3. The minimum absolute atomic E-state index is 0.0696. The molecule has 1 heterocycles. The standard InChI is InChI=1S/C24H21N3OS/c28-24(26-22-16-17-25-27(22)18-19-10-4-1-5-11-19)23(20-12-6-2-7-13-20)29-21-14-8-3-9-15-21/h1-17,23H,18H2,(H,26,28)/t23-/m1/s1. The minimum atomic E-state index is -0.362. The van der Waals surface area contributed by atoms with E-state index in [2.05, 4.69) is 10.4 Å². The molecule has 0 spiro atoms. The highest BCUT2D eigenvalue weighted by Gasteiger charge is 2.23. The molecular formula is C24H21N3OS. The van der Waals surface area contributed by atoms with Gasteiger partial charge in [0.25, 0.3) is 0 Å². The number of benzene rings is 3. The summed E-state index contributed by atoms with van der Waals surface area (Å²) >= 11 is 1.54. The Hall–Kier alpha value is -3.31. The monoisotopic (exact) mass is 399 g/mol. The van der Waals surface area contributed by atoms with Gasteiger partial charge in [0.15, 0.2) is 0 Å². The van der Waals surface area contributed by atoms with Gasteiger partial charge < -0.3 is 5.32 Å². The number of hydrogen-bond donors (Lipinski definition) is 1. The molecule has 1 N–H and O–H groups in total. The molecule has 0 unspecified atom stereocenters. The van der Waals surface area contributed by atoms with Crippen molar-refractivity contribution >= 4 is 23.5 Å². The third kappa shape index (κ3) is 4.95. The Kier molecular flexibility index (Phi) is 6.07. The van der Waals surface area contributed by atoms with Crippen molar-refractivity contribution in [3.8, 4) is 0 Å². The average Bonchev–Trinajstić information content (AvgIpc) is 3.20. The van der Waals surface area contributed by atoms with E-state index < -0.39 is 0 Å². The zero-order valence-electron chi connectivity index (χ0n) is 15.8. The number of hydrogen-bond acceptors (Lipinski definition) is 3. The summed E-state index contributed by atoms with van der Waals surface area (Å²) in [6.45, 7) is 0.602. The van der Waals surface area contributed by atoms with Crippen LogP contribution >= 0.6 is 11.8 Å². The second-order valence-corrected chi connectivity index (χ2v) is 7.75. The molecule has 1 aromatic heterocycles. The predicted molar refractivity (Wildman–Crippen MR) is 118 cm³/mol. The number of carbonyl (C=O) groups excluding carboxylic acids is 1. The van der Waals surface area contributed by atoms with Crippen molar-refractivity contribution in [2.45, 2.75) is 16.7 Å². The topological polar surface area (TPSA) is 46.9 Å². The van der Waals surface area contributed by atoms with Crippen LogP contribution in [0.4, 0.5) is 5.82 Å². The van der Waals surface area contributed by atoms with E-state index in [-0.39, 0.29) is 11.2 Å². The van der Waals surface area contributed by atoms with Crippen LogP contribution in [0.3, 0.4) is 0 Å². The molecule has 29 heavy (non-hydrogen) atoms. The molecule has 144 valence electrons. The Bertz CT molecular complexity index is 1050. The van der Waals surface area contributed by atoms with Crippen LogP contribution in [0, 0.1) is 0 Å². The van der Waals surface area contributed by atoms with Gasteiger partial charge in [-0.05, 0) is 23.3 Å². The predicted octanol–water partition coefficient (Wildman–Crippen LogP) is 5.40. The van der Waals surface area contributed by atoms with Gasteiger partial charge in [0.1, 0.15) is 11.1 Å². The van der Waals surface area contributed by atoms with Gasteiger partial charge in [0, 0.05) is 11.0 Å². The van der Waals surface area contributed by atoms with Gasteiger partial charge in [-0.1, -0.05) is 78.9 Å². The zero-order chi connectivity index (χ0) is 19.9. The van der Waals surface area contributed by atoms with Gasteiger partial charge in [-0.15, -0.1) is 11.8 Å². The first-order chi connectivity index (χ1) is 14.3. The quantitative estimate of drug-likeness (QED) is 0.423. The Balaban J connectivity index is 1.55. The molecule has 0 fully saturated rings. The van der Waals surface area contributed by atoms with Gasteiger partial charge in [-0.3, -0.25) is 4.79 Å². The summed E-state index contributed by atoms with van der Waals surface area (Å²) in [5.41, 5.74) is 2.10. The zero-order valence-corrected chi connectivity index (χ0v) is 16.6. The molecular weight excluding hydrogens is 378 g/mol. The van der Waals surface area contributed by atoms with Crippen molar-refractivity contribution in [3.63, 3.8) is 0 Å². The molecule has 0 aliphatic carbocycles. The van der Waals surface area contributed by atoms with Crippen LogP contribution < -0.4 is 5.32 Å². The number of carbonyl (C=O) groups is 1. The van der Waals surface area contributed by atoms with E-state index in [0.717, 1.165) is 16.0 Å². The molecule has 0 radical (unpaired) electrons. The molecule has 5 heteroatoms. The second kappa shape index (κ2) is 9.26. The maximum absolute atomic E-state index is 13.2. The SMILES string of the molecule is O=C(Nc1ccnn1Cc1ccccc1)[C@H](Sc1ccccc1)c1ccccc1. The lowest BCUT2D eigenvalue weighted by molar-refractivity contribution is -0.115. The molecule has 0 bridgehead atoms. The Morgan fingerprint density at radius 2 is 1.48 bits per heavy atom. The van der Waals surface area contributed by atoms with Crippen molar-refractivity contribution in [2.24, 2.45) is 0 Å². The van der Waals surface area contributed by atoms with Crippen molar-refractivity contribution < 1.29 is 4.79 Å². The first-order valence-electron chi connectivity index (χ1n) is 9.43. The van der Waals surface area contributed by atoms with Gasteiger partial charge in [0.05, 0.1) is 12.7 Å². The lowest BCUT2D eigenvalue weighted by Crippen LogP contribution is -2.21. The summed E-state index contributed by atoms with van der Waals surface area (Å²) in [6, 6.07) is 31.7. The second-order valence-electron chi connectivity index (χ2n) is 6.57. The van der Waals surface area contributed by atoms with Gasteiger partial charge in [-0.25, -0.2) is 4.68 Å². The first-order valence-corrected chi connectivity index (χ1v) is 10.3. The normalized spacial score (nSPS) is 11.7. The van der Waals surface area contributed by atoms with E-state index in [1.54, 1.807) is 6.20 Å². The molecule has 4 rings (SSSR count). The van der Waals surface area contributed by atoms with Crippen LogP contribution in [0.1, 0.15) is 16.4 Å². The van der Waals surface area contributed by atoms with Crippen molar-refractivity contribution in [1.82, 2.24) is 9.78 Å². The van der Waals surface area contributed by atoms with E-state index in [1.165, 1.54) is 11.8 Å². The van der Waals surface area contributed by atoms with Crippen molar-refractivity contribution in [2.75, 3.05) is 5.32 Å². The van der Waals surface area contributed by atoms with Crippen LogP contribution in [0.25, 0.3) is 0 Å². The fourth-order valence-corrected chi connectivity index (χ4v) is 4.09. The number of rotatable bonds is 7. The molecule has 0 aliphatic rings. The third-order valence-corrected chi connectivity index (χ3v) is 5.75. The fourth-order valence-electron chi connectivity index (χ4n) is 3.05. The van der Waals surface area contributed by atoms with E-state index in [9.17, 15) is 4.79 Å². The third-order valence-electron chi connectivity index (χ3n) is 4.48. The number of nitrogens with zero attached hydrogens (tertiary/aromatic N) is 2. The van der Waals surface area contributed by atoms with Gasteiger partial charge >= 0.3 is 0 Å². The Morgan fingerprint density at radius 3 is 2.17 bits per heavy atom. The average molecular weight is 400 g/mol. The highest BCUT2D eigenvalue weighted by molar-refractivity contribution is 8.00. The van der Waals surface area contributed by atoms with Crippen LogP contribution in [0.5, 0.6) is 0 Å². The highest BCUT2D eigenvalue weighted by Crippen LogP contribution is 2.36. The molecule has 0 saturated heterocycles. The maximum atomic E-state index is 13.2. The lowest BCUT2D eigenvalue weighted by Gasteiger charge is -2.17. The van der Waals surface area contributed by atoms with Crippen LogP contribution in [-0.2, 0) is 11.3 Å². The summed E-state index contributed by atoms with van der Waals surface area (Å²) in [5.74, 6) is 0.619. The number of anilines is 1. The van der Waals surface area contributed by atoms with Crippen LogP contribution in [0.15, 0.2) is 108 Å². The van der Waals surface area contributed by atoms with E-state index in [4.69, 9.17) is 0 Å². The van der Waals surface area contributed by atoms with Crippen molar-refractivity contribution in [1.29, 1.82) is 0 Å². The smallest absolute Gasteiger partial charge is 0.243 e. The molecule has 4 nitrogen and oxygen atoms in total. The van der Waals surface area contributed by atoms with Crippen LogP contribution in [-0.4, -0.2) is 15.7 Å². The largest absolute Gasteiger partial charge is 0.310 e. The van der Waals surface area contributed by atoms with E-state index in [0.29, 0.717) is 12.4 Å². The molecule has 4 aromatic rings. The molecule has 0 saturated carbocycles. The fraction of sp³-hybridized carbons (Fsp3) is 0.0833.